The van der Waals surface area contributed by atoms with Crippen LogP contribution in [0.15, 0.2) is 12.2 Å². The Morgan fingerprint density at radius 1 is 0.957 bits per heavy atom. The maximum atomic E-state index is 11.5. The fourth-order valence-electron chi connectivity index (χ4n) is 1.30. The van der Waals surface area contributed by atoms with Gasteiger partial charge in [0.25, 0.3) is 0 Å². The summed E-state index contributed by atoms with van der Waals surface area (Å²) in [6, 6.07) is 0. The topological polar surface area (TPSA) is 88.1 Å². The first-order valence-electron chi connectivity index (χ1n) is 7.51. The van der Waals surface area contributed by atoms with Crippen molar-refractivity contribution < 1.29 is 33.3 Å². The predicted molar refractivity (Wildman–Crippen MR) is 82.3 cm³/mol. The molecule has 0 spiro atoms. The summed E-state index contributed by atoms with van der Waals surface area (Å²) in [6.45, 7) is 10.9. The molecule has 0 bridgehead atoms. The number of hydrogen-bond donors (Lipinski definition) is 0. The summed E-state index contributed by atoms with van der Waals surface area (Å²) in [5.74, 6) is -1.30. The molecule has 0 heterocycles. The highest BCUT2D eigenvalue weighted by Gasteiger charge is 2.13. The van der Waals surface area contributed by atoms with Crippen LogP contribution in [0.5, 0.6) is 0 Å². The molecule has 0 aromatic rings. The van der Waals surface area contributed by atoms with Crippen molar-refractivity contribution in [2.75, 3.05) is 19.8 Å². The molecule has 0 aromatic carbocycles. The van der Waals surface area contributed by atoms with Gasteiger partial charge in [0, 0.05) is 5.57 Å². The van der Waals surface area contributed by atoms with Crippen LogP contribution in [-0.4, -0.2) is 44.0 Å². The maximum Gasteiger partial charge on any atom is 0.333 e. The summed E-state index contributed by atoms with van der Waals surface area (Å²) in [4.78, 5) is 34.0. The monoisotopic (exact) mass is 330 g/mol. The van der Waals surface area contributed by atoms with Crippen molar-refractivity contribution in [1.82, 2.24) is 0 Å². The van der Waals surface area contributed by atoms with Crippen molar-refractivity contribution in [3.8, 4) is 0 Å². The van der Waals surface area contributed by atoms with Gasteiger partial charge in [-0.05, 0) is 19.8 Å². The zero-order valence-corrected chi connectivity index (χ0v) is 14.3. The molecule has 0 saturated carbocycles. The van der Waals surface area contributed by atoms with Gasteiger partial charge in [0.05, 0.1) is 19.4 Å². The molecule has 0 rings (SSSR count). The van der Waals surface area contributed by atoms with Crippen LogP contribution in [0, 0.1) is 5.92 Å². The van der Waals surface area contributed by atoms with E-state index in [-0.39, 0.29) is 31.6 Å². The minimum absolute atomic E-state index is 0.0536. The Morgan fingerprint density at radius 2 is 1.52 bits per heavy atom. The highest BCUT2D eigenvalue weighted by molar-refractivity contribution is 5.86. The van der Waals surface area contributed by atoms with E-state index in [0.717, 1.165) is 0 Å². The lowest BCUT2D eigenvalue weighted by molar-refractivity contribution is -0.177. The largest absolute Gasteiger partial charge is 0.462 e. The Hall–Kier alpha value is -1.89. The summed E-state index contributed by atoms with van der Waals surface area (Å²) in [5.41, 5.74) is 0.271. The first kappa shape index (κ1) is 21.1. The summed E-state index contributed by atoms with van der Waals surface area (Å²) in [7, 11) is 0. The van der Waals surface area contributed by atoms with Crippen LogP contribution in [0.4, 0.5) is 0 Å². The Morgan fingerprint density at radius 3 is 2.09 bits per heavy atom. The standard InChI is InChI=1S/C16H26O7/c1-11(2)10-22-13(5)23-15(18)7-6-14(17)20-8-9-21-16(19)12(3)4/h11,13H,3,6-10H2,1-2,4-5H3. The molecule has 0 aliphatic carbocycles. The summed E-state index contributed by atoms with van der Waals surface area (Å²) >= 11 is 0. The smallest absolute Gasteiger partial charge is 0.333 e. The first-order valence-corrected chi connectivity index (χ1v) is 7.51. The molecule has 0 radical (unpaired) electrons. The zero-order valence-electron chi connectivity index (χ0n) is 14.3. The molecule has 132 valence electrons. The zero-order chi connectivity index (χ0) is 17.8. The SMILES string of the molecule is C=C(C)C(=O)OCCOC(=O)CCC(=O)OC(C)OCC(C)C. The first-order chi connectivity index (χ1) is 10.7. The molecule has 23 heavy (non-hydrogen) atoms. The van der Waals surface area contributed by atoms with Gasteiger partial charge in [-0.1, -0.05) is 20.4 Å². The number of esters is 3. The Bertz CT molecular complexity index is 415. The number of carbonyl (C=O) groups excluding carboxylic acids is 3. The second-order valence-electron chi connectivity index (χ2n) is 5.42. The van der Waals surface area contributed by atoms with Crippen molar-refractivity contribution in [3.63, 3.8) is 0 Å². The van der Waals surface area contributed by atoms with Gasteiger partial charge in [-0.3, -0.25) is 9.59 Å². The van der Waals surface area contributed by atoms with Gasteiger partial charge >= 0.3 is 17.9 Å². The van der Waals surface area contributed by atoms with E-state index >= 15 is 0 Å². The van der Waals surface area contributed by atoms with E-state index in [4.69, 9.17) is 18.9 Å². The van der Waals surface area contributed by atoms with Gasteiger partial charge in [-0.2, -0.15) is 0 Å². The minimum Gasteiger partial charge on any atom is -0.462 e. The van der Waals surface area contributed by atoms with Gasteiger partial charge in [0.15, 0.2) is 6.29 Å². The Labute approximate surface area is 136 Å². The molecular formula is C16H26O7. The summed E-state index contributed by atoms with van der Waals surface area (Å²) in [6.07, 6.45) is -0.855. The van der Waals surface area contributed by atoms with E-state index < -0.39 is 24.2 Å². The van der Waals surface area contributed by atoms with Crippen molar-refractivity contribution in [3.05, 3.63) is 12.2 Å². The number of ether oxygens (including phenoxy) is 4. The van der Waals surface area contributed by atoms with Crippen molar-refractivity contribution in [2.24, 2.45) is 5.92 Å². The fourth-order valence-corrected chi connectivity index (χ4v) is 1.30. The lowest BCUT2D eigenvalue weighted by Gasteiger charge is -2.15. The number of rotatable bonds is 11. The highest BCUT2D eigenvalue weighted by Crippen LogP contribution is 2.03. The lowest BCUT2D eigenvalue weighted by atomic mass is 10.2. The van der Waals surface area contributed by atoms with Crippen LogP contribution in [-0.2, 0) is 33.3 Å². The number of carbonyl (C=O) groups is 3. The van der Waals surface area contributed by atoms with E-state index in [2.05, 4.69) is 6.58 Å². The lowest BCUT2D eigenvalue weighted by Crippen LogP contribution is -2.21. The molecule has 0 N–H and O–H groups in total. The van der Waals surface area contributed by atoms with Crippen LogP contribution in [0.25, 0.3) is 0 Å². The van der Waals surface area contributed by atoms with Crippen LogP contribution < -0.4 is 0 Å². The molecule has 0 saturated heterocycles. The fraction of sp³-hybridized carbons (Fsp3) is 0.688. The molecule has 1 unspecified atom stereocenters. The van der Waals surface area contributed by atoms with Gasteiger partial charge in [0.1, 0.15) is 13.2 Å². The highest BCUT2D eigenvalue weighted by atomic mass is 16.7. The molecule has 7 nitrogen and oxygen atoms in total. The molecule has 0 aromatic heterocycles. The molecule has 1 atom stereocenters. The molecule has 0 aliphatic heterocycles. The number of hydrogen-bond acceptors (Lipinski definition) is 7. The van der Waals surface area contributed by atoms with Crippen molar-refractivity contribution in [2.45, 2.75) is 46.8 Å². The van der Waals surface area contributed by atoms with E-state index in [1.54, 1.807) is 6.92 Å². The van der Waals surface area contributed by atoms with E-state index in [1.165, 1.54) is 6.92 Å². The van der Waals surface area contributed by atoms with Crippen LogP contribution >= 0.6 is 0 Å². The van der Waals surface area contributed by atoms with E-state index in [1.807, 2.05) is 13.8 Å². The quantitative estimate of drug-likeness (QED) is 0.188. The van der Waals surface area contributed by atoms with Gasteiger partial charge in [-0.15, -0.1) is 0 Å². The van der Waals surface area contributed by atoms with Gasteiger partial charge in [0.2, 0.25) is 0 Å². The van der Waals surface area contributed by atoms with Crippen LogP contribution in [0.1, 0.15) is 40.5 Å². The summed E-state index contributed by atoms with van der Waals surface area (Å²) < 4.78 is 19.8. The molecule has 0 fully saturated rings. The summed E-state index contributed by atoms with van der Waals surface area (Å²) in [5, 5.41) is 0. The third kappa shape index (κ3) is 12.3. The molecule has 7 heteroatoms. The van der Waals surface area contributed by atoms with Gasteiger partial charge in [-0.25, -0.2) is 4.79 Å². The third-order valence-corrected chi connectivity index (χ3v) is 2.42. The second-order valence-corrected chi connectivity index (χ2v) is 5.42. The average molecular weight is 330 g/mol. The van der Waals surface area contributed by atoms with E-state index in [9.17, 15) is 14.4 Å². The van der Waals surface area contributed by atoms with Crippen molar-refractivity contribution >= 4 is 17.9 Å². The van der Waals surface area contributed by atoms with Gasteiger partial charge < -0.3 is 18.9 Å². The molecule has 0 amide bonds. The van der Waals surface area contributed by atoms with Crippen LogP contribution in [0.3, 0.4) is 0 Å². The van der Waals surface area contributed by atoms with E-state index in [0.29, 0.717) is 12.5 Å². The maximum absolute atomic E-state index is 11.5. The normalized spacial score (nSPS) is 11.7. The van der Waals surface area contributed by atoms with Crippen molar-refractivity contribution in [1.29, 1.82) is 0 Å². The molecular weight excluding hydrogens is 304 g/mol. The minimum atomic E-state index is -0.650. The Balaban J connectivity index is 3.73. The second kappa shape index (κ2) is 11.6. The average Bonchev–Trinajstić information content (AvgIpc) is 2.47. The third-order valence-electron chi connectivity index (χ3n) is 2.42. The van der Waals surface area contributed by atoms with Crippen LogP contribution in [0.2, 0.25) is 0 Å². The molecule has 0 aliphatic rings. The predicted octanol–water partition coefficient (Wildman–Crippen LogP) is 1.99. The Kier molecular flexibility index (Phi) is 10.7.